The van der Waals surface area contributed by atoms with E-state index < -0.39 is 0 Å². The molecular formula is C56H32S2. The number of hydrogen-bond acceptors (Lipinski definition) is 2. The fraction of sp³-hybridized carbons (Fsp3) is 0. The second-order valence-electron chi connectivity index (χ2n) is 15.5. The molecular weight excluding hydrogens is 737 g/mol. The maximum Gasteiger partial charge on any atom is 0.0440 e. The Bertz CT molecular complexity index is 3800. The van der Waals surface area contributed by atoms with Crippen molar-refractivity contribution in [2.75, 3.05) is 0 Å². The number of hydrogen-bond donors (Lipinski definition) is 0. The molecule has 11 aromatic carbocycles. The largest absolute Gasteiger partial charge is 0.135 e. The van der Waals surface area contributed by atoms with Crippen molar-refractivity contribution in [3.8, 4) is 33.4 Å². The molecule has 0 radical (unpaired) electrons. The third kappa shape index (κ3) is 4.62. The van der Waals surface area contributed by atoms with Crippen molar-refractivity contribution in [2.45, 2.75) is 0 Å². The highest BCUT2D eigenvalue weighted by Crippen LogP contribution is 2.48. The Balaban J connectivity index is 0.977. The summed E-state index contributed by atoms with van der Waals surface area (Å²) in [5.74, 6) is 0. The van der Waals surface area contributed by atoms with Crippen molar-refractivity contribution >= 4 is 117 Å². The van der Waals surface area contributed by atoms with Crippen molar-refractivity contribution in [3.05, 3.63) is 194 Å². The number of rotatable bonds is 3. The summed E-state index contributed by atoms with van der Waals surface area (Å²) in [6.07, 6.45) is 0. The van der Waals surface area contributed by atoms with Crippen molar-refractivity contribution in [1.82, 2.24) is 0 Å². The SMILES string of the molecule is c1ccc2c(-c3c4ccccc4c(-c4ccc5c(c4)sc4cc(-c6ccc7c(c6)c6ccccc6c6c8ccccc8sc76)ccc45)c4ccccc34)cccc2c1. The van der Waals surface area contributed by atoms with E-state index in [0.717, 1.165) is 0 Å². The third-order valence-electron chi connectivity index (χ3n) is 12.4. The zero-order chi connectivity index (χ0) is 37.9. The Morgan fingerprint density at radius 1 is 0.259 bits per heavy atom. The van der Waals surface area contributed by atoms with Gasteiger partial charge >= 0.3 is 0 Å². The molecule has 0 bridgehead atoms. The van der Waals surface area contributed by atoms with E-state index in [2.05, 4.69) is 194 Å². The van der Waals surface area contributed by atoms with Crippen LogP contribution in [0.1, 0.15) is 0 Å². The highest BCUT2D eigenvalue weighted by Gasteiger charge is 2.19. The summed E-state index contributed by atoms with van der Waals surface area (Å²) in [6.45, 7) is 0. The van der Waals surface area contributed by atoms with Crippen molar-refractivity contribution in [1.29, 1.82) is 0 Å². The lowest BCUT2D eigenvalue weighted by Crippen LogP contribution is -1.91. The summed E-state index contributed by atoms with van der Waals surface area (Å²) in [6, 6.07) is 72.5. The molecule has 0 saturated carbocycles. The molecule has 0 aliphatic rings. The molecule has 13 aromatic rings. The van der Waals surface area contributed by atoms with Crippen LogP contribution in [0.3, 0.4) is 0 Å². The van der Waals surface area contributed by atoms with Gasteiger partial charge in [-0.1, -0.05) is 170 Å². The van der Waals surface area contributed by atoms with E-state index in [-0.39, 0.29) is 0 Å². The predicted octanol–water partition coefficient (Wildman–Crippen LogP) is 17.2. The average molecular weight is 769 g/mol. The van der Waals surface area contributed by atoms with E-state index in [1.54, 1.807) is 0 Å². The predicted molar refractivity (Wildman–Crippen MR) is 256 cm³/mol. The van der Waals surface area contributed by atoms with Crippen LogP contribution in [-0.4, -0.2) is 0 Å². The van der Waals surface area contributed by atoms with Crippen LogP contribution in [0.15, 0.2) is 194 Å². The Labute approximate surface area is 342 Å². The zero-order valence-corrected chi connectivity index (χ0v) is 32.9. The Kier molecular flexibility index (Phi) is 6.86. The molecule has 0 fully saturated rings. The number of thiophene rings is 2. The molecule has 2 heterocycles. The summed E-state index contributed by atoms with van der Waals surface area (Å²) >= 11 is 3.82. The van der Waals surface area contributed by atoms with Gasteiger partial charge in [-0.3, -0.25) is 0 Å². The van der Waals surface area contributed by atoms with E-state index in [0.29, 0.717) is 0 Å². The molecule has 0 nitrogen and oxygen atoms in total. The van der Waals surface area contributed by atoms with Gasteiger partial charge in [-0.15, -0.1) is 22.7 Å². The third-order valence-corrected chi connectivity index (χ3v) is 14.8. The lowest BCUT2D eigenvalue weighted by molar-refractivity contribution is 1.69. The van der Waals surface area contributed by atoms with Crippen LogP contribution in [0.2, 0.25) is 0 Å². The maximum absolute atomic E-state index is 2.43. The molecule has 268 valence electrons. The molecule has 0 saturated heterocycles. The summed E-state index contributed by atoms with van der Waals surface area (Å²) in [5, 5.41) is 18.3. The molecule has 0 atom stereocenters. The second-order valence-corrected chi connectivity index (χ2v) is 17.6. The number of fused-ring (bicyclic) bond motifs is 14. The van der Waals surface area contributed by atoms with Crippen molar-refractivity contribution < 1.29 is 0 Å². The van der Waals surface area contributed by atoms with Crippen LogP contribution in [0, 0.1) is 0 Å². The Morgan fingerprint density at radius 2 is 0.776 bits per heavy atom. The highest BCUT2D eigenvalue weighted by atomic mass is 32.1. The van der Waals surface area contributed by atoms with E-state index in [1.165, 1.54) is 128 Å². The molecule has 0 aliphatic heterocycles. The van der Waals surface area contributed by atoms with Gasteiger partial charge in [0.1, 0.15) is 0 Å². The van der Waals surface area contributed by atoms with Crippen LogP contribution >= 0.6 is 22.7 Å². The Morgan fingerprint density at radius 3 is 1.50 bits per heavy atom. The lowest BCUT2D eigenvalue weighted by atomic mass is 9.84. The molecule has 13 rings (SSSR count). The molecule has 2 aromatic heterocycles. The summed E-state index contributed by atoms with van der Waals surface area (Å²) in [4.78, 5) is 0. The van der Waals surface area contributed by atoms with Gasteiger partial charge in [0.25, 0.3) is 0 Å². The van der Waals surface area contributed by atoms with Gasteiger partial charge in [-0.2, -0.15) is 0 Å². The average Bonchev–Trinajstić information content (AvgIpc) is 3.86. The van der Waals surface area contributed by atoms with Crippen LogP contribution < -0.4 is 0 Å². The van der Waals surface area contributed by atoms with E-state index >= 15 is 0 Å². The van der Waals surface area contributed by atoms with Crippen LogP contribution in [0.25, 0.3) is 128 Å². The smallest absolute Gasteiger partial charge is 0.0440 e. The molecule has 58 heavy (non-hydrogen) atoms. The van der Waals surface area contributed by atoms with Crippen LogP contribution in [0.5, 0.6) is 0 Å². The van der Waals surface area contributed by atoms with Crippen LogP contribution in [0.4, 0.5) is 0 Å². The van der Waals surface area contributed by atoms with Gasteiger partial charge in [0.2, 0.25) is 0 Å². The fourth-order valence-electron chi connectivity index (χ4n) is 9.87. The zero-order valence-electron chi connectivity index (χ0n) is 31.3. The van der Waals surface area contributed by atoms with Gasteiger partial charge in [0.15, 0.2) is 0 Å². The first kappa shape index (κ1) is 32.3. The Hall–Kier alpha value is -6.84. The molecule has 2 heteroatoms. The minimum Gasteiger partial charge on any atom is -0.135 e. The first-order chi connectivity index (χ1) is 28.8. The van der Waals surface area contributed by atoms with E-state index in [4.69, 9.17) is 0 Å². The summed E-state index contributed by atoms with van der Waals surface area (Å²) < 4.78 is 5.35. The van der Waals surface area contributed by atoms with Gasteiger partial charge in [0.05, 0.1) is 0 Å². The minimum absolute atomic E-state index is 1.25. The molecule has 0 amide bonds. The molecule has 0 unspecified atom stereocenters. The monoisotopic (exact) mass is 768 g/mol. The normalized spacial score (nSPS) is 12.1. The van der Waals surface area contributed by atoms with Crippen LogP contribution in [-0.2, 0) is 0 Å². The van der Waals surface area contributed by atoms with Gasteiger partial charge < -0.3 is 0 Å². The summed E-state index contributed by atoms with van der Waals surface area (Å²) in [7, 11) is 0. The lowest BCUT2D eigenvalue weighted by Gasteiger charge is -2.18. The van der Waals surface area contributed by atoms with E-state index in [9.17, 15) is 0 Å². The molecule has 0 aliphatic carbocycles. The van der Waals surface area contributed by atoms with E-state index in [1.807, 2.05) is 22.7 Å². The maximum atomic E-state index is 2.43. The van der Waals surface area contributed by atoms with Gasteiger partial charge in [-0.05, 0) is 106 Å². The van der Waals surface area contributed by atoms with Gasteiger partial charge in [0, 0.05) is 45.7 Å². The first-order valence-corrected chi connectivity index (χ1v) is 21.5. The highest BCUT2D eigenvalue weighted by molar-refractivity contribution is 7.27. The second kappa shape index (κ2) is 12.3. The topological polar surface area (TPSA) is 0 Å². The molecule has 0 spiro atoms. The summed E-state index contributed by atoms with van der Waals surface area (Å²) in [5.41, 5.74) is 7.64. The number of benzene rings is 11. The standard InChI is InChI=1S/C56H32S2/c1-2-14-37-33(12-1)13-11-22-41(37)54-45-19-7-5-17-43(45)53(44-18-6-8-20-46(44)54)36-26-28-40-39-27-24-35(31-51(39)57-52(40)32-36)34-25-29-47-49(30-34)38-15-3-4-16-42(38)55-48-21-9-10-23-50(48)58-56(47)55/h1-32H. The minimum atomic E-state index is 1.25. The first-order valence-electron chi connectivity index (χ1n) is 19.9. The quantitative estimate of drug-likeness (QED) is 0.124. The van der Waals surface area contributed by atoms with Gasteiger partial charge in [-0.25, -0.2) is 0 Å². The fourth-order valence-corrected chi connectivity index (χ4v) is 12.3. The molecule has 0 N–H and O–H groups in total. The van der Waals surface area contributed by atoms with Crippen molar-refractivity contribution in [2.24, 2.45) is 0 Å². The van der Waals surface area contributed by atoms with Crippen molar-refractivity contribution in [3.63, 3.8) is 0 Å².